The van der Waals surface area contributed by atoms with E-state index in [1.807, 2.05) is 42.1 Å². The lowest BCUT2D eigenvalue weighted by Gasteiger charge is -2.21. The number of hydrogen-bond donors (Lipinski definition) is 3. The number of nitrogens with one attached hydrogen (secondary N) is 1. The number of thioether (sulfide) groups is 2. The molecule has 8 nitrogen and oxygen atoms in total. The van der Waals surface area contributed by atoms with Crippen LogP contribution in [0.25, 0.3) is 0 Å². The van der Waals surface area contributed by atoms with Gasteiger partial charge < -0.3 is 29.7 Å². The van der Waals surface area contributed by atoms with Crippen molar-refractivity contribution in [3.63, 3.8) is 0 Å². The van der Waals surface area contributed by atoms with Gasteiger partial charge in [0.1, 0.15) is 18.1 Å². The Labute approximate surface area is 207 Å². The smallest absolute Gasteiger partial charge is 0.328 e. The van der Waals surface area contributed by atoms with Crippen molar-refractivity contribution in [2.24, 2.45) is 0 Å². The Hall–Kier alpha value is -2.66. The number of methoxy groups -OCH3 is 2. The normalized spacial score (nSPS) is 15.8. The number of para-hydroxylation sites is 2. The van der Waals surface area contributed by atoms with Gasteiger partial charge >= 0.3 is 11.9 Å². The summed E-state index contributed by atoms with van der Waals surface area (Å²) in [6, 6.07) is 16.6. The summed E-state index contributed by atoms with van der Waals surface area (Å²) in [5.74, 6) is 1.24. The lowest BCUT2D eigenvalue weighted by atomic mass is 10.3. The van der Waals surface area contributed by atoms with Crippen LogP contribution in [0.5, 0.6) is 11.5 Å². The second-order valence-electron chi connectivity index (χ2n) is 7.00. The van der Waals surface area contributed by atoms with E-state index in [9.17, 15) is 9.59 Å². The average Bonchev–Trinajstić information content (AvgIpc) is 3.06. The van der Waals surface area contributed by atoms with Gasteiger partial charge in [0.05, 0.1) is 19.3 Å². The molecule has 184 valence electrons. The van der Waals surface area contributed by atoms with Crippen LogP contribution in [0.1, 0.15) is 0 Å². The molecule has 10 heteroatoms. The molecule has 0 amide bonds. The van der Waals surface area contributed by atoms with E-state index < -0.39 is 11.9 Å². The van der Waals surface area contributed by atoms with E-state index in [-0.39, 0.29) is 6.10 Å². The molecule has 0 aliphatic carbocycles. The van der Waals surface area contributed by atoms with Gasteiger partial charge in [-0.2, -0.15) is 0 Å². The minimum Gasteiger partial charge on any atom is -0.496 e. The van der Waals surface area contributed by atoms with Gasteiger partial charge in [-0.25, -0.2) is 9.59 Å². The molecule has 0 fully saturated rings. The highest BCUT2D eigenvalue weighted by Crippen LogP contribution is 2.32. The quantitative estimate of drug-likeness (QED) is 0.325. The van der Waals surface area contributed by atoms with Crippen molar-refractivity contribution < 1.29 is 34.0 Å². The fourth-order valence-electron chi connectivity index (χ4n) is 2.81. The third-order valence-corrected chi connectivity index (χ3v) is 6.96. The molecule has 2 aromatic carbocycles. The number of benzene rings is 2. The summed E-state index contributed by atoms with van der Waals surface area (Å²) in [6.07, 6.45) is 1.24. The summed E-state index contributed by atoms with van der Waals surface area (Å²) in [7, 11) is 3.47. The van der Waals surface area contributed by atoms with Crippen LogP contribution in [-0.2, 0) is 14.3 Å². The molecule has 2 aromatic rings. The Morgan fingerprint density at radius 3 is 2.50 bits per heavy atom. The zero-order valence-electron chi connectivity index (χ0n) is 19.0. The maximum atomic E-state index is 9.55. The maximum absolute atomic E-state index is 9.55. The van der Waals surface area contributed by atoms with Gasteiger partial charge in [0, 0.05) is 47.1 Å². The summed E-state index contributed by atoms with van der Waals surface area (Å²) in [5, 5.41) is 19.2. The Kier molecular flexibility index (Phi) is 12.4. The minimum atomic E-state index is -1.26. The number of ether oxygens (including phenoxy) is 3. The first kappa shape index (κ1) is 27.6. The third-order valence-electron chi connectivity index (χ3n) is 4.56. The zero-order valence-corrected chi connectivity index (χ0v) is 20.6. The topological polar surface area (TPSA) is 114 Å². The Balaban J connectivity index is 0.000000440. The Morgan fingerprint density at radius 1 is 1.15 bits per heavy atom. The van der Waals surface area contributed by atoms with E-state index in [2.05, 4.69) is 23.5 Å². The molecule has 1 aliphatic rings. The average molecular weight is 508 g/mol. The second kappa shape index (κ2) is 15.3. The Morgan fingerprint density at radius 2 is 1.82 bits per heavy atom. The van der Waals surface area contributed by atoms with Crippen LogP contribution >= 0.6 is 23.5 Å². The van der Waals surface area contributed by atoms with Crippen molar-refractivity contribution in [2.75, 3.05) is 38.9 Å². The number of carboxylic acids is 2. The first-order chi connectivity index (χ1) is 16.4. The van der Waals surface area contributed by atoms with Crippen LogP contribution in [0.4, 0.5) is 0 Å². The molecule has 1 aliphatic heterocycles. The number of aliphatic carboxylic acids is 2. The lowest BCUT2D eigenvalue weighted by Crippen LogP contribution is -2.41. The van der Waals surface area contributed by atoms with Gasteiger partial charge in [0.2, 0.25) is 0 Å². The summed E-state index contributed by atoms with van der Waals surface area (Å²) >= 11 is 3.60. The predicted octanol–water partition coefficient (Wildman–Crippen LogP) is 3.66. The first-order valence-electron chi connectivity index (χ1n) is 10.4. The number of rotatable bonds is 10. The van der Waals surface area contributed by atoms with E-state index in [4.69, 9.17) is 24.4 Å². The zero-order chi connectivity index (χ0) is 24.8. The predicted molar refractivity (Wildman–Crippen MR) is 133 cm³/mol. The minimum absolute atomic E-state index is 0.126. The SMILES string of the molecule is COc1ccccc1SC[C@H](CN[C@@H]1COc2ccccc2SC1)OC.O=C(O)/C=C\C(=O)O. The van der Waals surface area contributed by atoms with Gasteiger partial charge in [-0.15, -0.1) is 23.5 Å². The second-order valence-corrected chi connectivity index (χ2v) is 9.13. The monoisotopic (exact) mass is 507 g/mol. The highest BCUT2D eigenvalue weighted by atomic mass is 32.2. The van der Waals surface area contributed by atoms with Crippen molar-refractivity contribution in [2.45, 2.75) is 21.9 Å². The first-order valence-corrected chi connectivity index (χ1v) is 12.4. The van der Waals surface area contributed by atoms with Gasteiger partial charge in [-0.05, 0) is 24.3 Å². The van der Waals surface area contributed by atoms with Crippen molar-refractivity contribution in [3.05, 3.63) is 60.7 Å². The summed E-state index contributed by atoms with van der Waals surface area (Å²) < 4.78 is 17.0. The number of hydrogen-bond acceptors (Lipinski definition) is 8. The van der Waals surface area contributed by atoms with Crippen molar-refractivity contribution in [1.29, 1.82) is 0 Å². The molecule has 0 saturated carbocycles. The molecule has 1 heterocycles. The molecule has 0 bridgehead atoms. The molecular weight excluding hydrogens is 478 g/mol. The van der Waals surface area contributed by atoms with Crippen LogP contribution in [0.2, 0.25) is 0 Å². The van der Waals surface area contributed by atoms with E-state index in [1.54, 1.807) is 26.0 Å². The van der Waals surface area contributed by atoms with Crippen molar-refractivity contribution in [1.82, 2.24) is 5.32 Å². The van der Waals surface area contributed by atoms with Gasteiger partial charge in [0.25, 0.3) is 0 Å². The van der Waals surface area contributed by atoms with Gasteiger partial charge in [-0.1, -0.05) is 24.3 Å². The molecule has 0 saturated heterocycles. The molecular formula is C24H29NO7S2. The number of carbonyl (C=O) groups is 2. The standard InChI is InChI=1S/C20H25NO3S2.C4H4O4/c1-22-16(14-26-19-9-5-3-7-17(19)23-2)11-21-15-12-24-18-8-4-6-10-20(18)25-13-15;5-3(6)1-2-4(7)8/h3-10,15-16,21H,11-14H2,1-2H3;1-2H,(H,5,6)(H,7,8)/b;2-1-/t15-,16+;/m1./s1. The van der Waals surface area contributed by atoms with Crippen LogP contribution in [0.15, 0.2) is 70.5 Å². The van der Waals surface area contributed by atoms with E-state index >= 15 is 0 Å². The largest absolute Gasteiger partial charge is 0.496 e. The lowest BCUT2D eigenvalue weighted by molar-refractivity contribution is -0.134. The fourth-order valence-corrected chi connectivity index (χ4v) is 4.93. The number of fused-ring (bicyclic) bond motifs is 1. The van der Waals surface area contributed by atoms with E-state index in [1.165, 1.54) is 4.90 Å². The van der Waals surface area contributed by atoms with E-state index in [0.717, 1.165) is 34.4 Å². The summed E-state index contributed by atoms with van der Waals surface area (Å²) in [5.41, 5.74) is 0. The molecule has 0 aromatic heterocycles. The molecule has 2 atom stereocenters. The summed E-state index contributed by atoms with van der Waals surface area (Å²) in [4.78, 5) is 21.5. The maximum Gasteiger partial charge on any atom is 0.328 e. The molecule has 0 spiro atoms. The van der Waals surface area contributed by atoms with Crippen molar-refractivity contribution in [3.8, 4) is 11.5 Å². The van der Waals surface area contributed by atoms with Gasteiger partial charge in [-0.3, -0.25) is 0 Å². The highest BCUT2D eigenvalue weighted by molar-refractivity contribution is 7.99. The third kappa shape index (κ3) is 10.1. The molecule has 3 N–H and O–H groups in total. The van der Waals surface area contributed by atoms with Crippen LogP contribution in [-0.4, -0.2) is 73.2 Å². The van der Waals surface area contributed by atoms with Gasteiger partial charge in [0.15, 0.2) is 0 Å². The highest BCUT2D eigenvalue weighted by Gasteiger charge is 2.19. The van der Waals surface area contributed by atoms with Crippen LogP contribution in [0, 0.1) is 0 Å². The molecule has 0 radical (unpaired) electrons. The molecule has 34 heavy (non-hydrogen) atoms. The molecule has 0 unspecified atom stereocenters. The van der Waals surface area contributed by atoms with Crippen LogP contribution in [0.3, 0.4) is 0 Å². The summed E-state index contributed by atoms with van der Waals surface area (Å²) in [6.45, 7) is 1.48. The Bertz CT molecular complexity index is 911. The van der Waals surface area contributed by atoms with Crippen molar-refractivity contribution >= 4 is 35.5 Å². The molecule has 3 rings (SSSR count). The number of carboxylic acid groups (broad SMARTS) is 2. The fraction of sp³-hybridized carbons (Fsp3) is 0.333. The van der Waals surface area contributed by atoms with Crippen LogP contribution < -0.4 is 14.8 Å². The van der Waals surface area contributed by atoms with E-state index in [0.29, 0.717) is 24.8 Å².